The lowest BCUT2D eigenvalue weighted by Gasteiger charge is -2.07. The second-order valence-electron chi connectivity index (χ2n) is 3.57. The first-order valence-electron chi connectivity index (χ1n) is 5.11. The Morgan fingerprint density at radius 2 is 2.27 bits per heavy atom. The van der Waals surface area contributed by atoms with E-state index in [0.717, 1.165) is 17.7 Å². The Balaban J connectivity index is 2.24. The maximum Gasteiger partial charge on any atom is 0.0909 e. The van der Waals surface area contributed by atoms with Gasteiger partial charge in [-0.25, -0.2) is 4.99 Å². The van der Waals surface area contributed by atoms with Crippen LogP contribution in [0, 0.1) is 0 Å². The minimum Gasteiger partial charge on any atom is -0.366 e. The topological polar surface area (TPSA) is 31.4 Å². The average molecular weight is 201 g/mol. The Hall–Kier alpha value is -1.77. The minimum atomic E-state index is 0.968. The molecule has 0 fully saturated rings. The van der Waals surface area contributed by atoms with E-state index in [4.69, 9.17) is 0 Å². The summed E-state index contributed by atoms with van der Waals surface area (Å²) in [6, 6.07) is 8.19. The monoisotopic (exact) mass is 201 g/mol. The smallest absolute Gasteiger partial charge is 0.0909 e. The molecule has 2 rings (SSSR count). The summed E-state index contributed by atoms with van der Waals surface area (Å²) in [4.78, 5) is 9.60. The van der Waals surface area contributed by atoms with Crippen LogP contribution in [0.2, 0.25) is 0 Å². The summed E-state index contributed by atoms with van der Waals surface area (Å²) < 4.78 is 0. The van der Waals surface area contributed by atoms with Gasteiger partial charge in [-0.1, -0.05) is 0 Å². The van der Waals surface area contributed by atoms with E-state index >= 15 is 0 Å². The number of H-pyrrole nitrogens is 1. The van der Waals surface area contributed by atoms with Gasteiger partial charge in [0.2, 0.25) is 0 Å². The molecule has 0 bridgehead atoms. The third-order valence-electron chi connectivity index (χ3n) is 2.44. The summed E-state index contributed by atoms with van der Waals surface area (Å²) in [5, 5.41) is 1.20. The quantitative estimate of drug-likeness (QED) is 0.601. The zero-order chi connectivity index (χ0) is 10.7. The second-order valence-corrected chi connectivity index (χ2v) is 3.57. The highest BCUT2D eigenvalue weighted by Gasteiger charge is 1.95. The molecule has 15 heavy (non-hydrogen) atoms. The molecular formula is C12H15N3. The Labute approximate surface area is 89.4 Å². The zero-order valence-corrected chi connectivity index (χ0v) is 9.07. The molecule has 0 aliphatic heterocycles. The first-order valence-corrected chi connectivity index (χ1v) is 5.11. The minimum absolute atomic E-state index is 0.968. The van der Waals surface area contributed by atoms with E-state index in [-0.39, 0.29) is 0 Å². The van der Waals surface area contributed by atoms with Gasteiger partial charge in [-0.3, -0.25) is 0 Å². The largest absolute Gasteiger partial charge is 0.366 e. The fraction of sp³-hybridized carbons (Fsp3) is 0.250. The summed E-state index contributed by atoms with van der Waals surface area (Å²) in [6.45, 7) is 3.07. The molecule has 0 aliphatic rings. The number of hydrogen-bond donors (Lipinski definition) is 1. The van der Waals surface area contributed by atoms with Gasteiger partial charge < -0.3 is 9.88 Å². The maximum atomic E-state index is 4.39. The third-order valence-corrected chi connectivity index (χ3v) is 2.44. The van der Waals surface area contributed by atoms with Gasteiger partial charge in [0, 0.05) is 30.7 Å². The van der Waals surface area contributed by atoms with Crippen LogP contribution >= 0.6 is 0 Å². The Morgan fingerprint density at radius 3 is 3.07 bits per heavy atom. The van der Waals surface area contributed by atoms with Gasteiger partial charge in [0.25, 0.3) is 0 Å². The highest BCUT2D eigenvalue weighted by molar-refractivity contribution is 5.83. The van der Waals surface area contributed by atoms with E-state index in [1.807, 2.05) is 36.6 Å². The summed E-state index contributed by atoms with van der Waals surface area (Å²) in [5.74, 6) is 0. The van der Waals surface area contributed by atoms with Crippen LogP contribution in [-0.4, -0.2) is 29.8 Å². The van der Waals surface area contributed by atoms with Crippen molar-refractivity contribution < 1.29 is 0 Å². The molecule has 1 heterocycles. The van der Waals surface area contributed by atoms with Gasteiger partial charge >= 0.3 is 0 Å². The van der Waals surface area contributed by atoms with Crippen molar-refractivity contribution in [2.24, 2.45) is 4.99 Å². The summed E-state index contributed by atoms with van der Waals surface area (Å²) >= 11 is 0. The molecule has 0 amide bonds. The molecule has 1 aromatic carbocycles. The highest BCUT2D eigenvalue weighted by atomic mass is 15.1. The van der Waals surface area contributed by atoms with E-state index in [1.165, 1.54) is 5.39 Å². The van der Waals surface area contributed by atoms with Crippen molar-refractivity contribution in [2.75, 3.05) is 13.6 Å². The number of aliphatic imine (C=N–C) groups is 1. The predicted octanol–water partition coefficient (Wildman–Crippen LogP) is 2.78. The molecule has 0 atom stereocenters. The molecule has 0 saturated carbocycles. The van der Waals surface area contributed by atoms with Crippen LogP contribution in [0.5, 0.6) is 0 Å². The van der Waals surface area contributed by atoms with Gasteiger partial charge in [0.1, 0.15) is 0 Å². The van der Waals surface area contributed by atoms with E-state index < -0.39 is 0 Å². The van der Waals surface area contributed by atoms with Crippen LogP contribution in [0.15, 0.2) is 35.5 Å². The lowest BCUT2D eigenvalue weighted by atomic mass is 10.2. The number of nitrogens with one attached hydrogen (secondary N) is 1. The van der Waals surface area contributed by atoms with Crippen LogP contribution in [0.25, 0.3) is 10.9 Å². The first-order chi connectivity index (χ1) is 7.29. The van der Waals surface area contributed by atoms with Crippen LogP contribution in [-0.2, 0) is 0 Å². The highest BCUT2D eigenvalue weighted by Crippen LogP contribution is 2.19. The molecule has 1 N–H and O–H groups in total. The molecule has 78 valence electrons. The number of aromatic nitrogens is 1. The van der Waals surface area contributed by atoms with E-state index in [2.05, 4.69) is 29.0 Å². The SMILES string of the molecule is CCN(C)/C=N\c1ccc2[nH]ccc2c1. The van der Waals surface area contributed by atoms with Crippen molar-refractivity contribution in [3.8, 4) is 0 Å². The Morgan fingerprint density at radius 1 is 1.40 bits per heavy atom. The molecule has 0 spiro atoms. The molecule has 2 aromatic rings. The van der Waals surface area contributed by atoms with Crippen LogP contribution in [0.4, 0.5) is 5.69 Å². The van der Waals surface area contributed by atoms with Gasteiger partial charge in [0.05, 0.1) is 12.0 Å². The van der Waals surface area contributed by atoms with Crippen molar-refractivity contribution in [3.05, 3.63) is 30.5 Å². The third kappa shape index (κ3) is 2.18. The number of nitrogens with zero attached hydrogens (tertiary/aromatic N) is 2. The molecule has 0 saturated heterocycles. The summed E-state index contributed by atoms with van der Waals surface area (Å²) in [6.07, 6.45) is 3.80. The van der Waals surface area contributed by atoms with E-state index in [1.54, 1.807) is 0 Å². The van der Waals surface area contributed by atoms with Crippen molar-refractivity contribution in [3.63, 3.8) is 0 Å². The van der Waals surface area contributed by atoms with Crippen molar-refractivity contribution in [2.45, 2.75) is 6.92 Å². The van der Waals surface area contributed by atoms with Crippen LogP contribution in [0.3, 0.4) is 0 Å². The molecule has 0 unspecified atom stereocenters. The normalized spacial score (nSPS) is 11.3. The maximum absolute atomic E-state index is 4.39. The van der Waals surface area contributed by atoms with Crippen LogP contribution in [0.1, 0.15) is 6.92 Å². The van der Waals surface area contributed by atoms with E-state index in [0.29, 0.717) is 0 Å². The fourth-order valence-electron chi connectivity index (χ4n) is 1.37. The van der Waals surface area contributed by atoms with Gasteiger partial charge in [-0.2, -0.15) is 0 Å². The number of rotatable bonds is 3. The molecule has 0 radical (unpaired) electrons. The standard InChI is InChI=1S/C12H15N3/c1-3-15(2)9-14-11-4-5-12-10(8-11)6-7-13-12/h4-9,13H,3H2,1-2H3/b14-9-. The fourth-order valence-corrected chi connectivity index (χ4v) is 1.37. The zero-order valence-electron chi connectivity index (χ0n) is 9.07. The first kappa shape index (κ1) is 9.77. The molecule has 0 aliphatic carbocycles. The number of aromatic amines is 1. The Bertz CT molecular complexity index is 470. The van der Waals surface area contributed by atoms with Gasteiger partial charge in [-0.05, 0) is 31.2 Å². The van der Waals surface area contributed by atoms with Crippen molar-refractivity contribution in [1.82, 2.24) is 9.88 Å². The molecule has 3 heteroatoms. The lowest BCUT2D eigenvalue weighted by Crippen LogP contribution is -2.14. The summed E-state index contributed by atoms with van der Waals surface area (Å²) in [7, 11) is 2.01. The van der Waals surface area contributed by atoms with Gasteiger partial charge in [0.15, 0.2) is 0 Å². The molecule has 3 nitrogen and oxygen atoms in total. The molecular weight excluding hydrogens is 186 g/mol. The summed E-state index contributed by atoms with van der Waals surface area (Å²) in [5.41, 5.74) is 2.14. The molecule has 1 aromatic heterocycles. The van der Waals surface area contributed by atoms with Gasteiger partial charge in [-0.15, -0.1) is 0 Å². The second kappa shape index (κ2) is 4.17. The number of fused-ring (bicyclic) bond motifs is 1. The lowest BCUT2D eigenvalue weighted by molar-refractivity contribution is 0.552. The van der Waals surface area contributed by atoms with Crippen molar-refractivity contribution in [1.29, 1.82) is 0 Å². The number of benzene rings is 1. The van der Waals surface area contributed by atoms with E-state index in [9.17, 15) is 0 Å². The Kier molecular flexibility index (Phi) is 2.72. The predicted molar refractivity (Wildman–Crippen MR) is 64.8 cm³/mol. The van der Waals surface area contributed by atoms with Crippen LogP contribution < -0.4 is 0 Å². The average Bonchev–Trinajstić information content (AvgIpc) is 2.72. The van der Waals surface area contributed by atoms with Crippen molar-refractivity contribution >= 4 is 22.9 Å². The number of hydrogen-bond acceptors (Lipinski definition) is 1.